The van der Waals surface area contributed by atoms with Crippen molar-refractivity contribution in [3.05, 3.63) is 35.4 Å². The summed E-state index contributed by atoms with van der Waals surface area (Å²) in [5.74, 6) is 0. The summed E-state index contributed by atoms with van der Waals surface area (Å²) in [6.07, 6.45) is 3.53. The van der Waals surface area contributed by atoms with Gasteiger partial charge in [-0.3, -0.25) is 0 Å². The summed E-state index contributed by atoms with van der Waals surface area (Å²) >= 11 is 0. The molecule has 1 N–H and O–H groups in total. The summed E-state index contributed by atoms with van der Waals surface area (Å²) in [4.78, 5) is 0. The van der Waals surface area contributed by atoms with Crippen molar-refractivity contribution in [3.63, 3.8) is 0 Å². The highest BCUT2D eigenvalue weighted by Gasteiger charge is 2.40. The largest absolute Gasteiger partial charge is 0.391 e. The Bertz CT molecular complexity index is 435. The summed E-state index contributed by atoms with van der Waals surface area (Å²) in [7, 11) is 0. The average Bonchev–Trinajstić information content (AvgIpc) is 2.38. The molecule has 0 saturated heterocycles. The SMILES string of the molecule is CCCC(O)C1(C#N)CCc2ccccc2C1. The normalized spacial score (nSPS) is 24.8. The van der Waals surface area contributed by atoms with Crippen LogP contribution in [0.2, 0.25) is 0 Å². The molecule has 2 unspecified atom stereocenters. The number of hydrogen-bond acceptors (Lipinski definition) is 2. The van der Waals surface area contributed by atoms with Crippen LogP contribution in [0.1, 0.15) is 37.3 Å². The number of hydrogen-bond donors (Lipinski definition) is 1. The molecule has 0 aromatic heterocycles. The van der Waals surface area contributed by atoms with Gasteiger partial charge in [-0.25, -0.2) is 0 Å². The summed E-state index contributed by atoms with van der Waals surface area (Å²) in [5.41, 5.74) is 2.00. The van der Waals surface area contributed by atoms with Gasteiger partial charge in [-0.15, -0.1) is 0 Å². The van der Waals surface area contributed by atoms with E-state index >= 15 is 0 Å². The maximum atomic E-state index is 10.2. The number of aliphatic hydroxyl groups excluding tert-OH is 1. The zero-order valence-corrected chi connectivity index (χ0v) is 10.3. The fourth-order valence-electron chi connectivity index (χ4n) is 2.76. The standard InChI is InChI=1S/C15H19NO/c1-2-5-14(17)15(11-16)9-8-12-6-3-4-7-13(12)10-15/h3-4,6-7,14,17H,2,5,8-10H2,1H3. The molecule has 17 heavy (non-hydrogen) atoms. The number of benzene rings is 1. The van der Waals surface area contributed by atoms with E-state index < -0.39 is 11.5 Å². The van der Waals surface area contributed by atoms with Crippen LogP contribution in [0.25, 0.3) is 0 Å². The van der Waals surface area contributed by atoms with E-state index in [1.54, 1.807) is 0 Å². The molecule has 1 aliphatic carbocycles. The lowest BCUT2D eigenvalue weighted by Gasteiger charge is -2.36. The number of nitrogens with zero attached hydrogens (tertiary/aromatic N) is 1. The molecule has 0 radical (unpaired) electrons. The molecule has 90 valence electrons. The van der Waals surface area contributed by atoms with Crippen LogP contribution < -0.4 is 0 Å². The monoisotopic (exact) mass is 229 g/mol. The van der Waals surface area contributed by atoms with Crippen LogP contribution in [0.3, 0.4) is 0 Å². The van der Waals surface area contributed by atoms with Crippen LogP contribution in [0.15, 0.2) is 24.3 Å². The predicted molar refractivity (Wildman–Crippen MR) is 67.4 cm³/mol. The van der Waals surface area contributed by atoms with E-state index in [1.807, 2.05) is 19.1 Å². The number of rotatable bonds is 3. The Balaban J connectivity index is 2.27. The van der Waals surface area contributed by atoms with Gasteiger partial charge in [-0.05, 0) is 36.8 Å². The smallest absolute Gasteiger partial charge is 0.0875 e. The highest BCUT2D eigenvalue weighted by atomic mass is 16.3. The van der Waals surface area contributed by atoms with Gasteiger partial charge in [0, 0.05) is 0 Å². The molecule has 1 aromatic rings. The molecule has 2 nitrogen and oxygen atoms in total. The van der Waals surface area contributed by atoms with Gasteiger partial charge in [0.15, 0.2) is 0 Å². The third-order valence-electron chi connectivity index (χ3n) is 3.89. The predicted octanol–water partition coefficient (Wildman–Crippen LogP) is 2.85. The second kappa shape index (κ2) is 4.89. The molecule has 1 aliphatic rings. The van der Waals surface area contributed by atoms with Gasteiger partial charge < -0.3 is 5.11 Å². The zero-order valence-electron chi connectivity index (χ0n) is 10.3. The fraction of sp³-hybridized carbons (Fsp3) is 0.533. The van der Waals surface area contributed by atoms with E-state index in [0.29, 0.717) is 6.42 Å². The molecule has 0 aliphatic heterocycles. The van der Waals surface area contributed by atoms with Gasteiger partial charge in [0.2, 0.25) is 0 Å². The van der Waals surface area contributed by atoms with Crippen molar-refractivity contribution in [2.45, 2.75) is 45.1 Å². The number of aliphatic hydroxyl groups is 1. The Morgan fingerprint density at radius 1 is 1.41 bits per heavy atom. The molecular formula is C15H19NO. The molecule has 0 amide bonds. The van der Waals surface area contributed by atoms with Crippen LogP contribution in [0.5, 0.6) is 0 Å². The number of fused-ring (bicyclic) bond motifs is 1. The van der Waals surface area contributed by atoms with Gasteiger partial charge >= 0.3 is 0 Å². The average molecular weight is 229 g/mol. The van der Waals surface area contributed by atoms with E-state index in [-0.39, 0.29) is 0 Å². The van der Waals surface area contributed by atoms with Crippen molar-refractivity contribution in [3.8, 4) is 6.07 Å². The van der Waals surface area contributed by atoms with E-state index in [4.69, 9.17) is 0 Å². The molecule has 2 rings (SSSR count). The summed E-state index contributed by atoms with van der Waals surface area (Å²) in [6, 6.07) is 10.7. The van der Waals surface area contributed by atoms with Crippen molar-refractivity contribution in [1.29, 1.82) is 5.26 Å². The third kappa shape index (κ3) is 2.21. The minimum absolute atomic E-state index is 0.495. The maximum Gasteiger partial charge on any atom is 0.0875 e. The van der Waals surface area contributed by atoms with Crippen molar-refractivity contribution in [2.75, 3.05) is 0 Å². The summed E-state index contributed by atoms with van der Waals surface area (Å²) < 4.78 is 0. The van der Waals surface area contributed by atoms with E-state index in [1.165, 1.54) is 11.1 Å². The van der Waals surface area contributed by atoms with Gasteiger partial charge in [0.1, 0.15) is 0 Å². The fourth-order valence-corrected chi connectivity index (χ4v) is 2.76. The Morgan fingerprint density at radius 3 is 2.76 bits per heavy atom. The highest BCUT2D eigenvalue weighted by Crippen LogP contribution is 2.39. The second-order valence-electron chi connectivity index (χ2n) is 5.02. The first-order chi connectivity index (χ1) is 8.22. The first-order valence-electron chi connectivity index (χ1n) is 6.38. The summed E-state index contributed by atoms with van der Waals surface area (Å²) in [5, 5.41) is 19.7. The van der Waals surface area contributed by atoms with E-state index in [0.717, 1.165) is 25.7 Å². The van der Waals surface area contributed by atoms with Gasteiger partial charge in [0.25, 0.3) is 0 Å². The number of nitriles is 1. The molecule has 0 spiro atoms. The Hall–Kier alpha value is -1.33. The molecule has 0 heterocycles. The van der Waals surface area contributed by atoms with E-state index in [9.17, 15) is 10.4 Å². The highest BCUT2D eigenvalue weighted by molar-refractivity contribution is 5.33. The Morgan fingerprint density at radius 2 is 2.12 bits per heavy atom. The lowest BCUT2D eigenvalue weighted by Crippen LogP contribution is -2.39. The van der Waals surface area contributed by atoms with Crippen LogP contribution in [0, 0.1) is 16.7 Å². The van der Waals surface area contributed by atoms with E-state index in [2.05, 4.69) is 18.2 Å². The molecule has 1 aromatic carbocycles. The third-order valence-corrected chi connectivity index (χ3v) is 3.89. The van der Waals surface area contributed by atoms with Crippen molar-refractivity contribution in [2.24, 2.45) is 5.41 Å². The summed E-state index contributed by atoms with van der Waals surface area (Å²) in [6.45, 7) is 2.05. The Labute approximate surface area is 103 Å². The first kappa shape index (κ1) is 12.1. The topological polar surface area (TPSA) is 44.0 Å². The molecule has 0 fully saturated rings. The molecule has 0 saturated carbocycles. The van der Waals surface area contributed by atoms with Crippen LogP contribution in [-0.2, 0) is 12.8 Å². The molecular weight excluding hydrogens is 210 g/mol. The van der Waals surface area contributed by atoms with Crippen LogP contribution in [-0.4, -0.2) is 11.2 Å². The van der Waals surface area contributed by atoms with Crippen molar-refractivity contribution >= 4 is 0 Å². The number of aryl methyl sites for hydroxylation is 1. The van der Waals surface area contributed by atoms with Gasteiger partial charge in [0.05, 0.1) is 17.6 Å². The lowest BCUT2D eigenvalue weighted by molar-refractivity contribution is 0.0458. The van der Waals surface area contributed by atoms with Crippen LogP contribution >= 0.6 is 0 Å². The molecule has 2 atom stereocenters. The maximum absolute atomic E-state index is 10.2. The lowest BCUT2D eigenvalue weighted by atomic mass is 9.68. The van der Waals surface area contributed by atoms with Gasteiger partial charge in [-0.2, -0.15) is 5.26 Å². The molecule has 2 heteroatoms. The van der Waals surface area contributed by atoms with Gasteiger partial charge in [-0.1, -0.05) is 37.6 Å². The minimum atomic E-state index is -0.565. The Kier molecular flexibility index (Phi) is 3.49. The zero-order chi connectivity index (χ0) is 12.3. The molecule has 0 bridgehead atoms. The van der Waals surface area contributed by atoms with Crippen LogP contribution in [0.4, 0.5) is 0 Å². The quantitative estimate of drug-likeness (QED) is 0.866. The minimum Gasteiger partial charge on any atom is -0.391 e. The van der Waals surface area contributed by atoms with Crippen molar-refractivity contribution in [1.82, 2.24) is 0 Å². The van der Waals surface area contributed by atoms with Crippen molar-refractivity contribution < 1.29 is 5.11 Å². The first-order valence-corrected chi connectivity index (χ1v) is 6.38. The second-order valence-corrected chi connectivity index (χ2v) is 5.02.